The molecule has 2 N–H and O–H groups in total. The lowest BCUT2D eigenvalue weighted by atomic mass is 10.2. The molecule has 80 valence electrons. The summed E-state index contributed by atoms with van der Waals surface area (Å²) in [6.45, 7) is 3.82. The van der Waals surface area contributed by atoms with Gasteiger partial charge in [0.1, 0.15) is 6.61 Å². The zero-order valence-corrected chi connectivity index (χ0v) is 8.53. The van der Waals surface area contributed by atoms with E-state index in [1.54, 1.807) is 24.3 Å². The maximum absolute atomic E-state index is 11.1. The van der Waals surface area contributed by atoms with Gasteiger partial charge in [-0.3, -0.25) is 4.79 Å². The molecular weight excluding hydrogens is 194 g/mol. The van der Waals surface area contributed by atoms with E-state index in [4.69, 9.17) is 15.2 Å². The fourth-order valence-corrected chi connectivity index (χ4v) is 1.16. The van der Waals surface area contributed by atoms with Crippen LogP contribution in [0.1, 0.15) is 10.4 Å². The van der Waals surface area contributed by atoms with Crippen molar-refractivity contribution in [3.8, 4) is 11.5 Å². The van der Waals surface area contributed by atoms with E-state index in [0.717, 1.165) is 0 Å². The van der Waals surface area contributed by atoms with Gasteiger partial charge in [-0.15, -0.1) is 0 Å². The highest BCUT2D eigenvalue weighted by Gasteiger charge is 2.13. The zero-order chi connectivity index (χ0) is 11.3. The van der Waals surface area contributed by atoms with Crippen molar-refractivity contribution in [2.24, 2.45) is 5.73 Å². The van der Waals surface area contributed by atoms with Crippen molar-refractivity contribution in [1.29, 1.82) is 0 Å². The number of hydrogen-bond acceptors (Lipinski definition) is 3. The van der Waals surface area contributed by atoms with Crippen molar-refractivity contribution >= 4 is 5.91 Å². The Hall–Kier alpha value is -1.97. The molecule has 1 rings (SSSR count). The number of amides is 1. The van der Waals surface area contributed by atoms with Gasteiger partial charge in [-0.1, -0.05) is 18.7 Å². The van der Waals surface area contributed by atoms with Crippen molar-refractivity contribution in [3.63, 3.8) is 0 Å². The van der Waals surface area contributed by atoms with Crippen molar-refractivity contribution in [3.05, 3.63) is 36.4 Å². The fourth-order valence-electron chi connectivity index (χ4n) is 1.16. The first-order chi connectivity index (χ1) is 7.20. The molecule has 0 saturated carbocycles. The number of carbonyl (C=O) groups is 1. The van der Waals surface area contributed by atoms with Crippen LogP contribution in [0.4, 0.5) is 0 Å². The molecular formula is C11H13NO3. The van der Waals surface area contributed by atoms with E-state index in [1.165, 1.54) is 7.11 Å². The highest BCUT2D eigenvalue weighted by Crippen LogP contribution is 2.30. The van der Waals surface area contributed by atoms with E-state index in [1.807, 2.05) is 0 Å². The molecule has 0 saturated heterocycles. The number of rotatable bonds is 5. The van der Waals surface area contributed by atoms with Crippen molar-refractivity contribution in [2.75, 3.05) is 13.7 Å². The predicted octanol–water partition coefficient (Wildman–Crippen LogP) is 1.36. The first kappa shape index (κ1) is 11.1. The highest BCUT2D eigenvalue weighted by molar-refractivity contribution is 5.96. The van der Waals surface area contributed by atoms with Crippen LogP contribution < -0.4 is 15.2 Å². The van der Waals surface area contributed by atoms with Crippen molar-refractivity contribution < 1.29 is 14.3 Å². The summed E-state index contributed by atoms with van der Waals surface area (Å²) in [5, 5.41) is 0. The molecule has 1 amide bonds. The van der Waals surface area contributed by atoms with Gasteiger partial charge in [0.2, 0.25) is 0 Å². The number of carbonyl (C=O) groups excluding carboxylic acids is 1. The molecule has 0 unspecified atom stereocenters. The Bertz CT molecular complexity index is 374. The third-order valence-corrected chi connectivity index (χ3v) is 1.81. The Balaban J connectivity index is 3.14. The zero-order valence-electron chi connectivity index (χ0n) is 8.53. The van der Waals surface area contributed by atoms with Gasteiger partial charge in [0, 0.05) is 0 Å². The summed E-state index contributed by atoms with van der Waals surface area (Å²) < 4.78 is 10.4. The van der Waals surface area contributed by atoms with Crippen LogP contribution in [0.15, 0.2) is 30.9 Å². The summed E-state index contributed by atoms with van der Waals surface area (Å²) in [5.74, 6) is 0.286. The Morgan fingerprint density at radius 1 is 1.60 bits per heavy atom. The number of primary amides is 1. The van der Waals surface area contributed by atoms with Gasteiger partial charge in [-0.05, 0) is 12.1 Å². The topological polar surface area (TPSA) is 61.6 Å². The molecule has 15 heavy (non-hydrogen) atoms. The minimum atomic E-state index is -0.548. The molecule has 4 heteroatoms. The van der Waals surface area contributed by atoms with Crippen LogP contribution in [0.3, 0.4) is 0 Å². The molecule has 0 aliphatic heterocycles. The van der Waals surface area contributed by atoms with Crippen LogP contribution >= 0.6 is 0 Å². The lowest BCUT2D eigenvalue weighted by Crippen LogP contribution is -2.13. The smallest absolute Gasteiger partial charge is 0.252 e. The van der Waals surface area contributed by atoms with Gasteiger partial charge in [-0.25, -0.2) is 0 Å². The Kier molecular flexibility index (Phi) is 3.74. The molecule has 4 nitrogen and oxygen atoms in total. The Morgan fingerprint density at radius 2 is 2.33 bits per heavy atom. The first-order valence-electron chi connectivity index (χ1n) is 4.41. The van der Waals surface area contributed by atoms with Gasteiger partial charge >= 0.3 is 0 Å². The number of ether oxygens (including phenoxy) is 2. The normalized spacial score (nSPS) is 9.40. The van der Waals surface area contributed by atoms with Crippen LogP contribution in [-0.2, 0) is 0 Å². The van der Waals surface area contributed by atoms with Crippen LogP contribution in [0, 0.1) is 0 Å². The van der Waals surface area contributed by atoms with E-state index in [-0.39, 0.29) is 0 Å². The quantitative estimate of drug-likeness (QED) is 0.741. The molecule has 0 radical (unpaired) electrons. The largest absolute Gasteiger partial charge is 0.493 e. The number of hydrogen-bond donors (Lipinski definition) is 1. The average molecular weight is 207 g/mol. The third-order valence-electron chi connectivity index (χ3n) is 1.81. The molecule has 0 aliphatic carbocycles. The second-order valence-electron chi connectivity index (χ2n) is 2.80. The van der Waals surface area contributed by atoms with Gasteiger partial charge in [-0.2, -0.15) is 0 Å². The lowest BCUT2D eigenvalue weighted by Gasteiger charge is -2.11. The average Bonchev–Trinajstić information content (AvgIpc) is 2.25. The second kappa shape index (κ2) is 5.05. The van der Waals surface area contributed by atoms with E-state index < -0.39 is 5.91 Å². The lowest BCUT2D eigenvalue weighted by molar-refractivity contribution is 0.0996. The number of methoxy groups -OCH3 is 1. The minimum Gasteiger partial charge on any atom is -0.493 e. The number of nitrogens with two attached hydrogens (primary N) is 1. The summed E-state index contributed by atoms with van der Waals surface area (Å²) in [5.41, 5.74) is 5.51. The Morgan fingerprint density at radius 3 is 2.87 bits per heavy atom. The number of para-hydroxylation sites is 1. The first-order valence-corrected chi connectivity index (χ1v) is 4.41. The fraction of sp³-hybridized carbons (Fsp3) is 0.182. The maximum Gasteiger partial charge on any atom is 0.252 e. The third kappa shape index (κ3) is 2.49. The van der Waals surface area contributed by atoms with E-state index in [0.29, 0.717) is 23.7 Å². The molecule has 0 fully saturated rings. The molecule has 1 aromatic carbocycles. The van der Waals surface area contributed by atoms with Gasteiger partial charge < -0.3 is 15.2 Å². The summed E-state index contributed by atoms with van der Waals surface area (Å²) in [6, 6.07) is 4.97. The standard InChI is InChI=1S/C11H13NO3/c1-3-7-15-10-8(11(12)13)5-4-6-9(10)14-2/h3-6H,1,7H2,2H3,(H2,12,13). The molecule has 0 aromatic heterocycles. The van der Waals surface area contributed by atoms with E-state index >= 15 is 0 Å². The summed E-state index contributed by atoms with van der Waals surface area (Å²) in [7, 11) is 1.50. The highest BCUT2D eigenvalue weighted by atomic mass is 16.5. The van der Waals surface area contributed by atoms with Gasteiger partial charge in [0.25, 0.3) is 5.91 Å². The second-order valence-corrected chi connectivity index (χ2v) is 2.80. The Labute approximate surface area is 88.3 Å². The summed E-state index contributed by atoms with van der Waals surface area (Å²) in [6.07, 6.45) is 1.58. The SMILES string of the molecule is C=CCOc1c(OC)cccc1C(N)=O. The molecule has 0 heterocycles. The van der Waals surface area contributed by atoms with Gasteiger partial charge in [0.15, 0.2) is 11.5 Å². The van der Waals surface area contributed by atoms with Gasteiger partial charge in [0.05, 0.1) is 12.7 Å². The van der Waals surface area contributed by atoms with Crippen LogP contribution in [0.2, 0.25) is 0 Å². The minimum absolute atomic E-state index is 0.292. The number of benzene rings is 1. The van der Waals surface area contributed by atoms with Crippen LogP contribution in [-0.4, -0.2) is 19.6 Å². The van der Waals surface area contributed by atoms with Crippen LogP contribution in [0.5, 0.6) is 11.5 Å². The predicted molar refractivity (Wildman–Crippen MR) is 57.2 cm³/mol. The molecule has 0 aliphatic rings. The van der Waals surface area contributed by atoms with E-state index in [2.05, 4.69) is 6.58 Å². The monoisotopic (exact) mass is 207 g/mol. The van der Waals surface area contributed by atoms with Crippen LogP contribution in [0.25, 0.3) is 0 Å². The molecule has 0 atom stereocenters. The van der Waals surface area contributed by atoms with E-state index in [9.17, 15) is 4.79 Å². The summed E-state index contributed by atoms with van der Waals surface area (Å²) >= 11 is 0. The van der Waals surface area contributed by atoms with Crippen molar-refractivity contribution in [2.45, 2.75) is 0 Å². The maximum atomic E-state index is 11.1. The molecule has 0 spiro atoms. The van der Waals surface area contributed by atoms with Crippen molar-refractivity contribution in [1.82, 2.24) is 0 Å². The summed E-state index contributed by atoms with van der Waals surface area (Å²) in [4.78, 5) is 11.1. The molecule has 0 bridgehead atoms. The molecule has 1 aromatic rings.